The summed E-state index contributed by atoms with van der Waals surface area (Å²) in [4.78, 5) is 11.6. The number of methoxy groups -OCH3 is 1. The second kappa shape index (κ2) is 6.04. The quantitative estimate of drug-likeness (QED) is 0.804. The molecule has 2 rings (SSSR count). The smallest absolute Gasteiger partial charge is 0.307 e. The highest BCUT2D eigenvalue weighted by Crippen LogP contribution is 2.20. The van der Waals surface area contributed by atoms with E-state index in [9.17, 15) is 13.2 Å². The molecule has 0 unspecified atom stereocenters. The fourth-order valence-electron chi connectivity index (χ4n) is 1.79. The lowest BCUT2D eigenvalue weighted by atomic mass is 10.3. The molecule has 0 aliphatic heterocycles. The first-order valence-corrected chi connectivity index (χ1v) is 8.34. The number of nitrogens with one attached hydrogen (secondary N) is 1. The largest absolute Gasteiger partial charge is 0.385 e. The Hall–Kier alpha value is -1.22. The van der Waals surface area contributed by atoms with E-state index in [1.54, 1.807) is 20.2 Å². The lowest BCUT2D eigenvalue weighted by Crippen LogP contribution is -2.25. The van der Waals surface area contributed by atoms with Gasteiger partial charge in [0.2, 0.25) is 10.0 Å². The van der Waals surface area contributed by atoms with Gasteiger partial charge >= 0.3 is 4.87 Å². The summed E-state index contributed by atoms with van der Waals surface area (Å²) in [5.41, 5.74) is 0.735. The van der Waals surface area contributed by atoms with Crippen LogP contribution in [0.25, 0.3) is 10.2 Å². The molecule has 0 aliphatic carbocycles. The Bertz CT molecular complexity index is 761. The summed E-state index contributed by atoms with van der Waals surface area (Å²) < 4.78 is 33.7. The number of nitrogens with zero attached hydrogens (tertiary/aromatic N) is 1. The Kier molecular flexibility index (Phi) is 4.59. The fraction of sp³-hybridized carbons (Fsp3) is 0.417. The van der Waals surface area contributed by atoms with Crippen molar-refractivity contribution in [3.8, 4) is 0 Å². The number of sulfonamides is 1. The van der Waals surface area contributed by atoms with E-state index in [1.807, 2.05) is 0 Å². The van der Waals surface area contributed by atoms with Gasteiger partial charge in [0.1, 0.15) is 0 Å². The van der Waals surface area contributed by atoms with Crippen molar-refractivity contribution in [1.82, 2.24) is 9.29 Å². The number of fused-ring (bicyclic) bond motifs is 1. The molecule has 0 atom stereocenters. The van der Waals surface area contributed by atoms with Crippen LogP contribution < -0.4 is 9.60 Å². The number of hydrogen-bond acceptors (Lipinski definition) is 5. The topological polar surface area (TPSA) is 77.4 Å². The fourth-order valence-corrected chi connectivity index (χ4v) is 3.88. The summed E-state index contributed by atoms with van der Waals surface area (Å²) in [6.45, 7) is 0.821. The van der Waals surface area contributed by atoms with E-state index in [2.05, 4.69) is 4.72 Å². The van der Waals surface area contributed by atoms with Gasteiger partial charge in [0.25, 0.3) is 0 Å². The van der Waals surface area contributed by atoms with Crippen LogP contribution in [-0.2, 0) is 21.8 Å². The first-order chi connectivity index (χ1) is 9.45. The Morgan fingerprint density at radius 1 is 1.40 bits per heavy atom. The summed E-state index contributed by atoms with van der Waals surface area (Å²) in [5.74, 6) is 0. The molecule has 6 nitrogen and oxygen atoms in total. The summed E-state index contributed by atoms with van der Waals surface area (Å²) in [7, 11) is -0.312. The molecule has 0 saturated heterocycles. The van der Waals surface area contributed by atoms with Crippen LogP contribution >= 0.6 is 11.3 Å². The van der Waals surface area contributed by atoms with E-state index < -0.39 is 10.0 Å². The second-order valence-corrected chi connectivity index (χ2v) is 7.06. The van der Waals surface area contributed by atoms with Gasteiger partial charge in [-0.3, -0.25) is 4.79 Å². The second-order valence-electron chi connectivity index (χ2n) is 4.30. The van der Waals surface area contributed by atoms with E-state index in [0.717, 1.165) is 16.9 Å². The minimum atomic E-state index is -3.55. The normalized spacial score (nSPS) is 12.1. The van der Waals surface area contributed by atoms with Gasteiger partial charge in [-0.15, -0.1) is 0 Å². The maximum atomic E-state index is 12.1. The number of benzene rings is 1. The molecule has 2 aromatic rings. The van der Waals surface area contributed by atoms with Gasteiger partial charge in [-0.1, -0.05) is 11.3 Å². The summed E-state index contributed by atoms with van der Waals surface area (Å²) in [6.07, 6.45) is 0.608. The van der Waals surface area contributed by atoms with Crippen molar-refractivity contribution in [2.24, 2.45) is 7.05 Å². The highest BCUT2D eigenvalue weighted by Gasteiger charge is 2.15. The Morgan fingerprint density at radius 3 is 2.85 bits per heavy atom. The van der Waals surface area contributed by atoms with E-state index >= 15 is 0 Å². The van der Waals surface area contributed by atoms with Gasteiger partial charge in [-0.25, -0.2) is 13.1 Å². The zero-order chi connectivity index (χ0) is 14.8. The van der Waals surface area contributed by atoms with E-state index in [0.29, 0.717) is 24.3 Å². The Labute approximate surface area is 121 Å². The molecule has 110 valence electrons. The Morgan fingerprint density at radius 2 is 2.15 bits per heavy atom. The molecule has 8 heteroatoms. The molecule has 0 saturated carbocycles. The lowest BCUT2D eigenvalue weighted by Gasteiger charge is -2.06. The van der Waals surface area contributed by atoms with Gasteiger partial charge in [0.05, 0.1) is 15.1 Å². The van der Waals surface area contributed by atoms with E-state index in [1.165, 1.54) is 16.7 Å². The van der Waals surface area contributed by atoms with Crippen molar-refractivity contribution < 1.29 is 13.2 Å². The lowest BCUT2D eigenvalue weighted by molar-refractivity contribution is 0.196. The molecule has 0 spiro atoms. The first kappa shape index (κ1) is 15.2. The molecular weight excluding hydrogens is 300 g/mol. The molecule has 1 aromatic carbocycles. The van der Waals surface area contributed by atoms with Gasteiger partial charge in [-0.2, -0.15) is 0 Å². The molecule has 0 amide bonds. The predicted molar refractivity (Wildman–Crippen MR) is 78.7 cm³/mol. The van der Waals surface area contributed by atoms with Crippen molar-refractivity contribution in [3.05, 3.63) is 27.9 Å². The van der Waals surface area contributed by atoms with Crippen LogP contribution in [0.1, 0.15) is 6.42 Å². The average Bonchev–Trinajstić information content (AvgIpc) is 2.70. The molecule has 0 fully saturated rings. The van der Waals surface area contributed by atoms with Gasteiger partial charge in [-0.05, 0) is 24.6 Å². The standard InChI is InChI=1S/C12H16N2O4S2/c1-14-10-5-4-9(8-11(10)19-12(14)15)20(16,17)13-6-3-7-18-2/h4-5,8,13H,3,6-7H2,1-2H3. The third-order valence-corrected chi connectivity index (χ3v) is 5.35. The van der Waals surface area contributed by atoms with Crippen LogP contribution in [-0.4, -0.2) is 33.2 Å². The SMILES string of the molecule is COCCCNS(=O)(=O)c1ccc2c(c1)sc(=O)n2C. The van der Waals surface area contributed by atoms with Crippen LogP contribution in [0.2, 0.25) is 0 Å². The Balaban J connectivity index is 2.26. The monoisotopic (exact) mass is 316 g/mol. The number of ether oxygens (including phenoxy) is 1. The van der Waals surface area contributed by atoms with Crippen molar-refractivity contribution in [3.63, 3.8) is 0 Å². The number of hydrogen-bond donors (Lipinski definition) is 1. The van der Waals surface area contributed by atoms with Crippen LogP contribution in [0, 0.1) is 0 Å². The minimum absolute atomic E-state index is 0.109. The maximum absolute atomic E-state index is 12.1. The van der Waals surface area contributed by atoms with Crippen molar-refractivity contribution in [1.29, 1.82) is 0 Å². The van der Waals surface area contributed by atoms with Crippen molar-refractivity contribution in [2.45, 2.75) is 11.3 Å². The molecule has 1 heterocycles. The number of aromatic nitrogens is 1. The van der Waals surface area contributed by atoms with Crippen LogP contribution in [0.4, 0.5) is 0 Å². The van der Waals surface area contributed by atoms with Gasteiger partial charge in [0.15, 0.2) is 0 Å². The number of thiazole rings is 1. The number of aryl methyl sites for hydroxylation is 1. The zero-order valence-corrected chi connectivity index (χ0v) is 12.9. The van der Waals surface area contributed by atoms with Crippen LogP contribution in [0.5, 0.6) is 0 Å². The molecule has 20 heavy (non-hydrogen) atoms. The molecule has 0 aliphatic rings. The van der Waals surface area contributed by atoms with Crippen LogP contribution in [0.3, 0.4) is 0 Å². The summed E-state index contributed by atoms with van der Waals surface area (Å²) in [5, 5.41) is 0. The van der Waals surface area contributed by atoms with Crippen molar-refractivity contribution >= 4 is 31.6 Å². The van der Waals surface area contributed by atoms with Gasteiger partial charge < -0.3 is 9.30 Å². The average molecular weight is 316 g/mol. The summed E-state index contributed by atoms with van der Waals surface area (Å²) in [6, 6.07) is 4.68. The molecule has 0 radical (unpaired) electrons. The highest BCUT2D eigenvalue weighted by molar-refractivity contribution is 7.89. The predicted octanol–water partition coefficient (Wildman–Crippen LogP) is 0.915. The molecule has 1 N–H and O–H groups in total. The van der Waals surface area contributed by atoms with Crippen LogP contribution in [0.15, 0.2) is 27.9 Å². The van der Waals surface area contributed by atoms with E-state index in [-0.39, 0.29) is 9.77 Å². The third-order valence-electron chi connectivity index (χ3n) is 2.89. The van der Waals surface area contributed by atoms with E-state index in [4.69, 9.17) is 4.74 Å². The highest BCUT2D eigenvalue weighted by atomic mass is 32.2. The molecular formula is C12H16N2O4S2. The van der Waals surface area contributed by atoms with Crippen molar-refractivity contribution in [2.75, 3.05) is 20.3 Å². The summed E-state index contributed by atoms with van der Waals surface area (Å²) >= 11 is 1.04. The van der Waals surface area contributed by atoms with Gasteiger partial charge in [0, 0.05) is 27.3 Å². The zero-order valence-electron chi connectivity index (χ0n) is 11.3. The minimum Gasteiger partial charge on any atom is -0.385 e. The molecule has 1 aromatic heterocycles. The number of rotatable bonds is 6. The maximum Gasteiger partial charge on any atom is 0.307 e. The molecule has 0 bridgehead atoms. The third kappa shape index (κ3) is 3.09. The first-order valence-electron chi connectivity index (χ1n) is 6.04.